The number of hydrogen-bond donors (Lipinski definition) is 1. The number of pyridine rings is 1. The quantitative estimate of drug-likeness (QED) is 0.572. The van der Waals surface area contributed by atoms with Gasteiger partial charge in [0.2, 0.25) is 0 Å². The molecule has 1 aromatic heterocycles. The Hall–Kier alpha value is -2.10. The highest BCUT2D eigenvalue weighted by molar-refractivity contribution is 6.21. The molecule has 4 aliphatic heterocycles. The topological polar surface area (TPSA) is 48.8 Å². The number of alkyl halides is 1. The Morgan fingerprint density at radius 1 is 1.16 bits per heavy atom. The van der Waals surface area contributed by atoms with Gasteiger partial charge in [-0.1, -0.05) is 42.2 Å². The number of piperidine rings is 3. The molecule has 6 heteroatoms. The van der Waals surface area contributed by atoms with Gasteiger partial charge >= 0.3 is 0 Å². The van der Waals surface area contributed by atoms with Gasteiger partial charge in [0.15, 0.2) is 0 Å². The zero-order valence-corrected chi connectivity index (χ0v) is 19.3. The molecular formula is C26H30ClN3O2. The molecule has 5 heterocycles. The van der Waals surface area contributed by atoms with E-state index < -0.39 is 5.60 Å². The van der Waals surface area contributed by atoms with E-state index in [4.69, 9.17) is 21.3 Å². The van der Waals surface area contributed by atoms with Gasteiger partial charge < -0.3 is 14.7 Å². The number of hydrogen-bond acceptors (Lipinski definition) is 5. The van der Waals surface area contributed by atoms with Crippen LogP contribution in [0.15, 0.2) is 42.5 Å². The summed E-state index contributed by atoms with van der Waals surface area (Å²) in [5.74, 6) is 7.73. The summed E-state index contributed by atoms with van der Waals surface area (Å²) in [4.78, 5) is 9.51. The molecule has 2 bridgehead atoms. The van der Waals surface area contributed by atoms with Crippen molar-refractivity contribution in [1.29, 1.82) is 0 Å². The molecule has 0 unspecified atom stereocenters. The minimum Gasteiger partial charge on any atom is -0.378 e. The summed E-state index contributed by atoms with van der Waals surface area (Å²) in [6.07, 6.45) is 2.74. The first-order valence-corrected chi connectivity index (χ1v) is 11.9. The fraction of sp³-hybridized carbons (Fsp3) is 0.500. The third-order valence-corrected chi connectivity index (χ3v) is 7.56. The largest absolute Gasteiger partial charge is 0.378 e. The molecule has 5 nitrogen and oxygen atoms in total. The van der Waals surface area contributed by atoms with Crippen LogP contribution in [0.3, 0.4) is 0 Å². The molecule has 1 aromatic carbocycles. The van der Waals surface area contributed by atoms with Gasteiger partial charge in [0.25, 0.3) is 0 Å². The normalized spacial score (nSPS) is 31.4. The maximum absolute atomic E-state index is 11.2. The highest BCUT2D eigenvalue weighted by Gasteiger charge is 2.44. The predicted molar refractivity (Wildman–Crippen MR) is 127 cm³/mol. The van der Waals surface area contributed by atoms with Gasteiger partial charge in [-0.2, -0.15) is 0 Å². The van der Waals surface area contributed by atoms with Gasteiger partial charge in [-0.15, -0.1) is 11.6 Å². The predicted octanol–water partition coefficient (Wildman–Crippen LogP) is 2.92. The minimum absolute atomic E-state index is 0.00137. The first-order chi connectivity index (χ1) is 15.5. The number of halogens is 1. The third-order valence-electron chi connectivity index (χ3n) is 7.14. The van der Waals surface area contributed by atoms with Crippen LogP contribution in [0.25, 0.3) is 0 Å². The van der Waals surface area contributed by atoms with Gasteiger partial charge in [-0.3, -0.25) is 4.90 Å². The van der Waals surface area contributed by atoms with Crippen molar-refractivity contribution in [2.45, 2.75) is 36.3 Å². The van der Waals surface area contributed by atoms with Crippen molar-refractivity contribution in [2.75, 3.05) is 44.7 Å². The number of benzene rings is 1. The fourth-order valence-corrected chi connectivity index (χ4v) is 5.55. The van der Waals surface area contributed by atoms with E-state index in [0.717, 1.165) is 49.6 Å². The number of fused-ring (bicyclic) bond motifs is 3. The van der Waals surface area contributed by atoms with Crippen molar-refractivity contribution in [3.8, 4) is 11.8 Å². The monoisotopic (exact) mass is 451 g/mol. The van der Waals surface area contributed by atoms with E-state index >= 15 is 0 Å². The Bertz CT molecular complexity index is 1010. The average molecular weight is 452 g/mol. The highest BCUT2D eigenvalue weighted by Crippen LogP contribution is 2.35. The SMILES string of the molecule is CO[C@@H]1CN(c2ccc(C#C[C@@]3(O)CN4CCC3CC4)c(Cc3ccccc3)n2)C[C@@H]1Cl. The smallest absolute Gasteiger partial charge is 0.141 e. The second kappa shape index (κ2) is 9.03. The second-order valence-corrected chi connectivity index (χ2v) is 9.81. The number of aromatic nitrogens is 1. The van der Waals surface area contributed by atoms with Crippen LogP contribution in [0.1, 0.15) is 29.7 Å². The van der Waals surface area contributed by atoms with Crippen LogP contribution in [0.4, 0.5) is 5.82 Å². The Kier molecular flexibility index (Phi) is 6.14. The molecule has 32 heavy (non-hydrogen) atoms. The minimum atomic E-state index is -0.925. The van der Waals surface area contributed by atoms with Crippen molar-refractivity contribution in [3.63, 3.8) is 0 Å². The van der Waals surface area contributed by atoms with Crippen LogP contribution in [-0.4, -0.2) is 71.9 Å². The van der Waals surface area contributed by atoms with E-state index in [-0.39, 0.29) is 17.4 Å². The van der Waals surface area contributed by atoms with E-state index in [1.165, 1.54) is 5.56 Å². The molecule has 6 rings (SSSR count). The number of nitrogens with zero attached hydrogens (tertiary/aromatic N) is 3. The number of anilines is 1. The molecular weight excluding hydrogens is 422 g/mol. The maximum Gasteiger partial charge on any atom is 0.141 e. The molecule has 0 saturated carbocycles. The van der Waals surface area contributed by atoms with Crippen LogP contribution in [0, 0.1) is 17.8 Å². The van der Waals surface area contributed by atoms with Crippen molar-refractivity contribution >= 4 is 17.4 Å². The van der Waals surface area contributed by atoms with E-state index in [1.54, 1.807) is 7.11 Å². The average Bonchev–Trinajstić information content (AvgIpc) is 3.20. The second-order valence-electron chi connectivity index (χ2n) is 9.25. The van der Waals surface area contributed by atoms with E-state index in [2.05, 4.69) is 33.8 Å². The summed E-state index contributed by atoms with van der Waals surface area (Å²) < 4.78 is 5.51. The number of methoxy groups -OCH3 is 1. The van der Waals surface area contributed by atoms with E-state index in [9.17, 15) is 5.11 Å². The molecule has 0 spiro atoms. The summed E-state index contributed by atoms with van der Waals surface area (Å²) in [5.41, 5.74) is 2.07. The summed E-state index contributed by atoms with van der Waals surface area (Å²) in [6, 6.07) is 14.4. The lowest BCUT2D eigenvalue weighted by atomic mass is 9.75. The Balaban J connectivity index is 1.46. The van der Waals surface area contributed by atoms with E-state index in [0.29, 0.717) is 19.5 Å². The fourth-order valence-electron chi connectivity index (χ4n) is 5.20. The summed E-state index contributed by atoms with van der Waals surface area (Å²) in [5, 5.41) is 11.2. The molecule has 0 aliphatic carbocycles. The first-order valence-electron chi connectivity index (χ1n) is 11.5. The molecule has 4 aliphatic rings. The first kappa shape index (κ1) is 21.7. The van der Waals surface area contributed by atoms with Crippen LogP contribution in [-0.2, 0) is 11.2 Å². The highest BCUT2D eigenvalue weighted by atomic mass is 35.5. The molecule has 1 N–H and O–H groups in total. The number of rotatable bonds is 4. The lowest BCUT2D eigenvalue weighted by molar-refractivity contribution is -0.0713. The Morgan fingerprint density at radius 3 is 2.59 bits per heavy atom. The lowest BCUT2D eigenvalue weighted by Crippen LogP contribution is -2.58. The summed E-state index contributed by atoms with van der Waals surface area (Å²) >= 11 is 6.46. The lowest BCUT2D eigenvalue weighted by Gasteiger charge is -2.47. The summed E-state index contributed by atoms with van der Waals surface area (Å²) in [7, 11) is 1.70. The van der Waals surface area contributed by atoms with Gasteiger partial charge in [-0.25, -0.2) is 4.98 Å². The van der Waals surface area contributed by atoms with Gasteiger partial charge in [-0.05, 0) is 43.6 Å². The zero-order chi connectivity index (χ0) is 22.1. The van der Waals surface area contributed by atoms with Crippen LogP contribution < -0.4 is 4.90 Å². The molecule has 0 amide bonds. The maximum atomic E-state index is 11.2. The Morgan fingerprint density at radius 2 is 1.94 bits per heavy atom. The van der Waals surface area contributed by atoms with Gasteiger partial charge in [0, 0.05) is 44.6 Å². The molecule has 2 aromatic rings. The molecule has 3 atom stereocenters. The van der Waals surface area contributed by atoms with Crippen molar-refractivity contribution in [3.05, 3.63) is 59.3 Å². The van der Waals surface area contributed by atoms with Crippen LogP contribution >= 0.6 is 11.6 Å². The molecule has 4 saturated heterocycles. The Labute approximate surface area is 195 Å². The standard InChI is InChI=1S/C26H30ClN3O2/c1-32-24-17-30(16-22(24)27)25-8-7-20(23(28-25)15-19-5-3-2-4-6-19)9-12-26(31)18-29-13-10-21(26)11-14-29/h2-8,21-22,24,31H,10-11,13-18H2,1H3/t22-,24+,26+/m0/s1. The van der Waals surface area contributed by atoms with Crippen LogP contribution in [0.2, 0.25) is 0 Å². The zero-order valence-electron chi connectivity index (χ0n) is 18.5. The molecule has 0 radical (unpaired) electrons. The third kappa shape index (κ3) is 4.38. The summed E-state index contributed by atoms with van der Waals surface area (Å²) in [6.45, 7) is 4.23. The van der Waals surface area contributed by atoms with Crippen molar-refractivity contribution in [2.24, 2.45) is 5.92 Å². The van der Waals surface area contributed by atoms with Crippen molar-refractivity contribution < 1.29 is 9.84 Å². The van der Waals surface area contributed by atoms with E-state index in [1.807, 2.05) is 30.3 Å². The number of aliphatic hydroxyl groups is 1. The van der Waals surface area contributed by atoms with Gasteiger partial charge in [0.05, 0.1) is 17.2 Å². The molecule has 4 fully saturated rings. The number of ether oxygens (including phenoxy) is 1. The van der Waals surface area contributed by atoms with Crippen molar-refractivity contribution in [1.82, 2.24) is 9.88 Å². The molecule has 168 valence electrons. The van der Waals surface area contributed by atoms with Gasteiger partial charge in [0.1, 0.15) is 11.4 Å². The van der Waals surface area contributed by atoms with Crippen LogP contribution in [0.5, 0.6) is 0 Å².